The zero-order valence-corrected chi connectivity index (χ0v) is 20.7. The number of benzene rings is 3. The summed E-state index contributed by atoms with van der Waals surface area (Å²) in [4.78, 5) is 25.7. The minimum Gasteiger partial charge on any atom is -0.307 e. The molecule has 34 heavy (non-hydrogen) atoms. The predicted molar refractivity (Wildman–Crippen MR) is 140 cm³/mol. The third-order valence-electron chi connectivity index (χ3n) is 5.19. The second-order valence-corrected chi connectivity index (χ2v) is 10.8. The fourth-order valence-electron chi connectivity index (χ4n) is 3.70. The number of anilines is 2. The van der Waals surface area contributed by atoms with Crippen molar-refractivity contribution < 1.29 is 14.8 Å². The number of carbonyl (C=O) groups is 2. The summed E-state index contributed by atoms with van der Waals surface area (Å²) in [5, 5.41) is 20.4. The Morgan fingerprint density at radius 3 is 2.56 bits per heavy atom. The number of halogens is 1. The maximum Gasteiger partial charge on any atom is 0.347 e. The fourth-order valence-corrected chi connectivity index (χ4v) is 5.69. The van der Waals surface area contributed by atoms with Gasteiger partial charge < -0.3 is 10.6 Å². The van der Waals surface area contributed by atoms with Gasteiger partial charge >= 0.3 is 12.1 Å². The molecule has 0 saturated carbocycles. The van der Waals surface area contributed by atoms with Gasteiger partial charge in [0.05, 0.1) is 10.4 Å². The Hall–Kier alpha value is -3.05. The van der Waals surface area contributed by atoms with Crippen LogP contribution >= 0.6 is 35.6 Å². The molecule has 1 fully saturated rings. The Balaban J connectivity index is 1.52. The van der Waals surface area contributed by atoms with Gasteiger partial charge in [0, 0.05) is 16.1 Å². The standard InChI is InChI=1S/C23H22ClN5O3S2/c1-23(2)19(28(22(33)34-23)27-20(30)25-16-10-6-9-15(24)13-16)29(32)21(31)26-18-12-5-8-14-7-3-4-11-17(14)18/h3-13,19,32H,1-2H3,(H,26,31)(H2,25,27,30)/t19-/m1/s1. The third-order valence-corrected chi connectivity index (χ3v) is 6.98. The second-order valence-electron chi connectivity index (χ2n) is 8.09. The van der Waals surface area contributed by atoms with Crippen molar-refractivity contribution in [2.75, 3.05) is 10.6 Å². The van der Waals surface area contributed by atoms with E-state index in [0.717, 1.165) is 10.8 Å². The van der Waals surface area contributed by atoms with Crippen molar-refractivity contribution in [1.82, 2.24) is 15.5 Å². The molecule has 0 bridgehead atoms. The number of amides is 4. The van der Waals surface area contributed by atoms with Crippen molar-refractivity contribution in [3.63, 3.8) is 0 Å². The number of fused-ring (bicyclic) bond motifs is 1. The summed E-state index contributed by atoms with van der Waals surface area (Å²) < 4.78 is -0.432. The van der Waals surface area contributed by atoms with Crippen LogP contribution in [0.3, 0.4) is 0 Å². The van der Waals surface area contributed by atoms with Gasteiger partial charge in [-0.3, -0.25) is 5.21 Å². The Morgan fingerprint density at radius 1 is 1.09 bits per heavy atom. The molecule has 1 atom stereocenters. The number of hydrazine groups is 1. The second kappa shape index (κ2) is 9.67. The highest BCUT2D eigenvalue weighted by Crippen LogP contribution is 2.41. The lowest BCUT2D eigenvalue weighted by molar-refractivity contribution is -0.120. The average Bonchev–Trinajstić information content (AvgIpc) is 3.00. The molecule has 11 heteroatoms. The maximum absolute atomic E-state index is 13.0. The van der Waals surface area contributed by atoms with Crippen LogP contribution in [0.4, 0.5) is 21.0 Å². The Bertz CT molecular complexity index is 1270. The number of hydrogen-bond acceptors (Lipinski definition) is 5. The van der Waals surface area contributed by atoms with Crippen molar-refractivity contribution in [2.45, 2.75) is 24.8 Å². The number of nitrogens with zero attached hydrogens (tertiary/aromatic N) is 2. The quantitative estimate of drug-likeness (QED) is 0.196. The van der Waals surface area contributed by atoms with E-state index in [2.05, 4.69) is 16.1 Å². The number of hydroxylamine groups is 2. The molecule has 4 N–H and O–H groups in total. The lowest BCUT2D eigenvalue weighted by Gasteiger charge is -2.36. The summed E-state index contributed by atoms with van der Waals surface area (Å²) in [6, 6.07) is 18.4. The van der Waals surface area contributed by atoms with Gasteiger partial charge in [0.25, 0.3) is 0 Å². The Morgan fingerprint density at radius 2 is 1.79 bits per heavy atom. The Labute approximate surface area is 211 Å². The first-order valence-corrected chi connectivity index (χ1v) is 11.9. The first kappa shape index (κ1) is 24.1. The van der Waals surface area contributed by atoms with Crippen LogP contribution in [0.2, 0.25) is 5.02 Å². The maximum atomic E-state index is 13.0. The number of thiocarbonyl (C=S) groups is 1. The molecule has 1 aliphatic rings. The van der Waals surface area contributed by atoms with E-state index in [4.69, 9.17) is 23.8 Å². The van der Waals surface area contributed by atoms with Crippen molar-refractivity contribution in [2.24, 2.45) is 0 Å². The molecule has 3 aromatic rings. The minimum absolute atomic E-state index is 0.299. The Kier molecular flexibility index (Phi) is 6.85. The fraction of sp³-hybridized carbons (Fsp3) is 0.174. The highest BCUT2D eigenvalue weighted by atomic mass is 35.5. The number of rotatable bonds is 4. The summed E-state index contributed by atoms with van der Waals surface area (Å²) in [7, 11) is 0. The van der Waals surface area contributed by atoms with Crippen molar-refractivity contribution in [3.8, 4) is 0 Å². The molecule has 8 nitrogen and oxygen atoms in total. The molecule has 0 unspecified atom stereocenters. The van der Waals surface area contributed by atoms with Gasteiger partial charge in [-0.05, 0) is 43.5 Å². The van der Waals surface area contributed by atoms with E-state index >= 15 is 0 Å². The highest BCUT2D eigenvalue weighted by Gasteiger charge is 2.50. The van der Waals surface area contributed by atoms with E-state index in [1.807, 2.05) is 50.2 Å². The molecule has 1 heterocycles. The van der Waals surface area contributed by atoms with E-state index in [-0.39, 0.29) is 0 Å². The van der Waals surface area contributed by atoms with Gasteiger partial charge in [0.15, 0.2) is 10.5 Å². The van der Waals surface area contributed by atoms with Gasteiger partial charge in [-0.15, -0.1) is 0 Å². The largest absolute Gasteiger partial charge is 0.347 e. The molecule has 0 spiro atoms. The van der Waals surface area contributed by atoms with Crippen LogP contribution in [0.1, 0.15) is 13.8 Å². The zero-order valence-electron chi connectivity index (χ0n) is 18.3. The number of urea groups is 2. The molecule has 1 aliphatic heterocycles. The van der Waals surface area contributed by atoms with Gasteiger partial charge in [-0.25, -0.2) is 20.0 Å². The van der Waals surface area contributed by atoms with Crippen LogP contribution in [-0.4, -0.2) is 42.6 Å². The third kappa shape index (κ3) is 5.05. The molecule has 0 aliphatic carbocycles. The topological polar surface area (TPSA) is 96.9 Å². The first-order chi connectivity index (χ1) is 16.2. The minimum atomic E-state index is -0.981. The van der Waals surface area contributed by atoms with Gasteiger partial charge in [-0.2, -0.15) is 5.06 Å². The predicted octanol–water partition coefficient (Wildman–Crippen LogP) is 5.89. The normalized spacial score (nSPS) is 16.9. The molecule has 0 aromatic heterocycles. The molecular formula is C23H22ClN5O3S2. The monoisotopic (exact) mass is 515 g/mol. The van der Waals surface area contributed by atoms with E-state index < -0.39 is 23.0 Å². The summed E-state index contributed by atoms with van der Waals surface area (Å²) in [6.07, 6.45) is -0.981. The van der Waals surface area contributed by atoms with Gasteiger partial charge in [0.2, 0.25) is 0 Å². The van der Waals surface area contributed by atoms with Crippen LogP contribution in [0.25, 0.3) is 10.8 Å². The van der Waals surface area contributed by atoms with Crippen molar-refractivity contribution >= 4 is 74.1 Å². The van der Waals surface area contributed by atoms with Crippen LogP contribution in [-0.2, 0) is 0 Å². The van der Waals surface area contributed by atoms with Crippen LogP contribution in [0, 0.1) is 0 Å². The number of thioether (sulfide) groups is 1. The van der Waals surface area contributed by atoms with Crippen molar-refractivity contribution in [1.29, 1.82) is 0 Å². The summed E-state index contributed by atoms with van der Waals surface area (Å²) in [5.41, 5.74) is 3.66. The molecule has 0 radical (unpaired) electrons. The summed E-state index contributed by atoms with van der Waals surface area (Å²) in [5.74, 6) is 0. The van der Waals surface area contributed by atoms with Crippen LogP contribution in [0.15, 0.2) is 66.7 Å². The lowest BCUT2D eigenvalue weighted by Crippen LogP contribution is -2.60. The molecular weight excluding hydrogens is 494 g/mol. The zero-order chi connectivity index (χ0) is 24.5. The number of hydrogen-bond donors (Lipinski definition) is 4. The lowest BCUT2D eigenvalue weighted by atomic mass is 10.1. The highest BCUT2D eigenvalue weighted by molar-refractivity contribution is 8.24. The van der Waals surface area contributed by atoms with Crippen LogP contribution in [0.5, 0.6) is 0 Å². The van der Waals surface area contributed by atoms with Gasteiger partial charge in [0.1, 0.15) is 0 Å². The smallest absolute Gasteiger partial charge is 0.307 e. The molecule has 3 aromatic carbocycles. The van der Waals surface area contributed by atoms with Gasteiger partial charge in [-0.1, -0.05) is 78.0 Å². The van der Waals surface area contributed by atoms with Crippen LogP contribution < -0.4 is 16.1 Å². The van der Waals surface area contributed by atoms with Crippen molar-refractivity contribution in [3.05, 3.63) is 71.8 Å². The number of carbonyl (C=O) groups excluding carboxylic acids is 2. The van der Waals surface area contributed by atoms with E-state index in [0.29, 0.717) is 25.8 Å². The van der Waals surface area contributed by atoms with E-state index in [1.165, 1.54) is 16.8 Å². The van der Waals surface area contributed by atoms with E-state index in [1.54, 1.807) is 30.3 Å². The molecule has 176 valence electrons. The molecule has 4 amide bonds. The first-order valence-electron chi connectivity index (χ1n) is 10.3. The summed E-state index contributed by atoms with van der Waals surface area (Å²) in [6.45, 7) is 3.64. The van der Waals surface area contributed by atoms with E-state index in [9.17, 15) is 14.8 Å². The summed E-state index contributed by atoms with van der Waals surface area (Å²) >= 11 is 12.7. The average molecular weight is 516 g/mol. The molecule has 1 saturated heterocycles. The number of nitrogens with one attached hydrogen (secondary N) is 3. The molecule has 4 rings (SSSR count). The SMILES string of the molecule is CC1(C)SC(=S)N(NC(=O)Nc2cccc(Cl)c2)[C@@H]1N(O)C(=O)Nc1cccc2ccccc12.